The Morgan fingerprint density at radius 2 is 1.83 bits per heavy atom. The molecule has 0 bridgehead atoms. The summed E-state index contributed by atoms with van der Waals surface area (Å²) in [5, 5.41) is 6.33. The molecule has 0 radical (unpaired) electrons. The van der Waals surface area contributed by atoms with Crippen molar-refractivity contribution in [1.82, 2.24) is 10.3 Å². The van der Waals surface area contributed by atoms with Crippen molar-refractivity contribution in [2.75, 3.05) is 11.9 Å². The Morgan fingerprint density at radius 3 is 2.60 bits per heavy atom. The number of benzene rings is 2. The molecule has 30 heavy (non-hydrogen) atoms. The van der Waals surface area contributed by atoms with Gasteiger partial charge in [-0.25, -0.2) is 4.79 Å². The van der Waals surface area contributed by atoms with Crippen LogP contribution < -0.4 is 10.6 Å². The molecule has 3 rings (SSSR count). The summed E-state index contributed by atoms with van der Waals surface area (Å²) in [6.07, 6.45) is 2.06. The molecule has 0 aliphatic heterocycles. The minimum atomic E-state index is -0.893. The second-order valence-corrected chi connectivity index (χ2v) is 7.22. The lowest BCUT2D eigenvalue weighted by Crippen LogP contribution is -2.43. The van der Waals surface area contributed by atoms with Gasteiger partial charge in [0.2, 0.25) is 5.91 Å². The minimum Gasteiger partial charge on any atom is -0.454 e. The summed E-state index contributed by atoms with van der Waals surface area (Å²) < 4.78 is 5.19. The molecule has 0 aliphatic carbocycles. The Bertz CT molecular complexity index is 1090. The summed E-state index contributed by atoms with van der Waals surface area (Å²) in [7, 11) is 0. The molecule has 0 saturated carbocycles. The van der Waals surface area contributed by atoms with E-state index in [2.05, 4.69) is 15.6 Å². The maximum absolute atomic E-state index is 12.6. The SMILES string of the molecule is CC(=O)N[C@@H](Cc1c[nH]c2ccccc12)C(=O)OCC(=O)Nc1cccc(C)c1C. The lowest BCUT2D eigenvalue weighted by atomic mass is 10.0. The van der Waals surface area contributed by atoms with E-state index in [1.807, 2.05) is 50.2 Å². The fourth-order valence-corrected chi connectivity index (χ4v) is 3.27. The van der Waals surface area contributed by atoms with E-state index >= 15 is 0 Å². The fraction of sp³-hybridized carbons (Fsp3) is 0.261. The van der Waals surface area contributed by atoms with Crippen molar-refractivity contribution in [3.63, 3.8) is 0 Å². The molecule has 3 aromatic rings. The second-order valence-electron chi connectivity index (χ2n) is 7.22. The van der Waals surface area contributed by atoms with Crippen molar-refractivity contribution in [2.45, 2.75) is 33.2 Å². The number of aromatic nitrogens is 1. The van der Waals surface area contributed by atoms with Crippen LogP contribution in [-0.4, -0.2) is 35.4 Å². The number of aromatic amines is 1. The smallest absolute Gasteiger partial charge is 0.329 e. The largest absolute Gasteiger partial charge is 0.454 e. The van der Waals surface area contributed by atoms with Crippen LogP contribution in [0.5, 0.6) is 0 Å². The van der Waals surface area contributed by atoms with Crippen LogP contribution in [0.2, 0.25) is 0 Å². The zero-order valence-corrected chi connectivity index (χ0v) is 17.2. The van der Waals surface area contributed by atoms with Gasteiger partial charge in [-0.15, -0.1) is 0 Å². The first kappa shape index (κ1) is 21.1. The normalized spacial score (nSPS) is 11.7. The first-order valence-corrected chi connectivity index (χ1v) is 9.70. The summed E-state index contributed by atoms with van der Waals surface area (Å²) in [4.78, 5) is 39.6. The van der Waals surface area contributed by atoms with E-state index in [9.17, 15) is 14.4 Å². The van der Waals surface area contributed by atoms with E-state index in [4.69, 9.17) is 4.74 Å². The Labute approximate surface area is 174 Å². The number of nitrogens with one attached hydrogen (secondary N) is 3. The van der Waals surface area contributed by atoms with Crippen molar-refractivity contribution in [3.8, 4) is 0 Å². The summed E-state index contributed by atoms with van der Waals surface area (Å²) in [6.45, 7) is 4.76. The highest BCUT2D eigenvalue weighted by Crippen LogP contribution is 2.20. The van der Waals surface area contributed by atoms with E-state index in [0.717, 1.165) is 27.6 Å². The molecule has 1 heterocycles. The molecule has 0 spiro atoms. The zero-order chi connectivity index (χ0) is 21.7. The Balaban J connectivity index is 1.64. The van der Waals surface area contributed by atoms with Crippen molar-refractivity contribution in [3.05, 3.63) is 65.4 Å². The van der Waals surface area contributed by atoms with Crippen molar-refractivity contribution in [1.29, 1.82) is 0 Å². The highest BCUT2D eigenvalue weighted by molar-refractivity contribution is 5.94. The summed E-state index contributed by atoms with van der Waals surface area (Å²) in [5.74, 6) is -1.45. The summed E-state index contributed by atoms with van der Waals surface area (Å²) in [5.41, 5.74) is 4.49. The fourth-order valence-electron chi connectivity index (χ4n) is 3.27. The van der Waals surface area contributed by atoms with Crippen LogP contribution in [0.15, 0.2) is 48.7 Å². The molecule has 0 saturated heterocycles. The van der Waals surface area contributed by atoms with Gasteiger partial charge in [0.05, 0.1) is 0 Å². The highest BCUT2D eigenvalue weighted by Gasteiger charge is 2.24. The van der Waals surface area contributed by atoms with Gasteiger partial charge in [-0.1, -0.05) is 30.3 Å². The lowest BCUT2D eigenvalue weighted by Gasteiger charge is -2.17. The van der Waals surface area contributed by atoms with Crippen LogP contribution in [0.1, 0.15) is 23.6 Å². The zero-order valence-electron chi connectivity index (χ0n) is 17.2. The van der Waals surface area contributed by atoms with Gasteiger partial charge in [-0.05, 0) is 42.7 Å². The lowest BCUT2D eigenvalue weighted by molar-refractivity contribution is -0.150. The van der Waals surface area contributed by atoms with Crippen LogP contribution in [0.25, 0.3) is 10.9 Å². The predicted molar refractivity (Wildman–Crippen MR) is 115 cm³/mol. The maximum Gasteiger partial charge on any atom is 0.329 e. The number of hydrogen-bond acceptors (Lipinski definition) is 4. The molecule has 1 atom stereocenters. The van der Waals surface area contributed by atoms with Gasteiger partial charge in [0.1, 0.15) is 6.04 Å². The Morgan fingerprint density at radius 1 is 1.07 bits per heavy atom. The van der Waals surface area contributed by atoms with Gasteiger partial charge in [0.25, 0.3) is 5.91 Å². The molecule has 3 N–H and O–H groups in total. The highest BCUT2D eigenvalue weighted by atomic mass is 16.5. The third-order valence-electron chi connectivity index (χ3n) is 4.99. The molecule has 0 unspecified atom stereocenters. The van der Waals surface area contributed by atoms with Crippen LogP contribution in [0.3, 0.4) is 0 Å². The van der Waals surface area contributed by atoms with Crippen LogP contribution in [-0.2, 0) is 25.5 Å². The molecule has 7 nitrogen and oxygen atoms in total. The maximum atomic E-state index is 12.6. The molecule has 7 heteroatoms. The number of rotatable bonds is 7. The summed E-state index contributed by atoms with van der Waals surface area (Å²) >= 11 is 0. The number of fused-ring (bicyclic) bond motifs is 1. The van der Waals surface area contributed by atoms with E-state index in [1.165, 1.54) is 6.92 Å². The van der Waals surface area contributed by atoms with Crippen LogP contribution in [0.4, 0.5) is 5.69 Å². The Kier molecular flexibility index (Phi) is 6.51. The molecule has 2 aromatic carbocycles. The monoisotopic (exact) mass is 407 g/mol. The van der Waals surface area contributed by atoms with Crippen LogP contribution in [0, 0.1) is 13.8 Å². The topological polar surface area (TPSA) is 100 Å². The van der Waals surface area contributed by atoms with Crippen molar-refractivity contribution < 1.29 is 19.1 Å². The van der Waals surface area contributed by atoms with Gasteiger partial charge in [0.15, 0.2) is 6.61 Å². The van der Waals surface area contributed by atoms with E-state index in [0.29, 0.717) is 5.69 Å². The van der Waals surface area contributed by atoms with Gasteiger partial charge in [-0.2, -0.15) is 0 Å². The number of H-pyrrole nitrogens is 1. The average Bonchev–Trinajstić information content (AvgIpc) is 3.12. The summed E-state index contributed by atoms with van der Waals surface area (Å²) in [6, 6.07) is 12.4. The van der Waals surface area contributed by atoms with Crippen LogP contribution >= 0.6 is 0 Å². The van der Waals surface area contributed by atoms with E-state index in [1.54, 1.807) is 12.3 Å². The van der Waals surface area contributed by atoms with Crippen molar-refractivity contribution in [2.24, 2.45) is 0 Å². The number of esters is 1. The van der Waals surface area contributed by atoms with E-state index in [-0.39, 0.29) is 12.3 Å². The number of aryl methyl sites for hydroxylation is 1. The second kappa shape index (κ2) is 9.26. The number of para-hydroxylation sites is 1. The predicted octanol–water partition coefficient (Wildman–Crippen LogP) is 3.01. The third kappa shape index (κ3) is 5.05. The molecule has 0 fully saturated rings. The number of carbonyl (C=O) groups excluding carboxylic acids is 3. The molecule has 0 aliphatic rings. The first-order chi connectivity index (χ1) is 14.3. The average molecular weight is 407 g/mol. The van der Waals surface area contributed by atoms with Gasteiger partial charge >= 0.3 is 5.97 Å². The third-order valence-corrected chi connectivity index (χ3v) is 4.99. The molecule has 1 aromatic heterocycles. The molecule has 156 valence electrons. The number of anilines is 1. The number of carbonyl (C=O) groups is 3. The molecular formula is C23H25N3O4. The minimum absolute atomic E-state index is 0.251. The first-order valence-electron chi connectivity index (χ1n) is 9.70. The van der Waals surface area contributed by atoms with Gasteiger partial charge < -0.3 is 20.4 Å². The molecular weight excluding hydrogens is 382 g/mol. The number of amides is 2. The quantitative estimate of drug-likeness (QED) is 0.524. The molecule has 2 amide bonds. The standard InChI is InChI=1S/C23H25N3O4/c1-14-7-6-10-19(15(14)2)26-22(28)13-30-23(29)21(25-16(3)27)11-17-12-24-20-9-5-4-8-18(17)20/h4-10,12,21,24H,11,13H2,1-3H3,(H,25,27)(H,26,28)/t21-/m0/s1. The number of ether oxygens (including phenoxy) is 1. The number of hydrogen-bond donors (Lipinski definition) is 3. The van der Waals surface area contributed by atoms with Gasteiger partial charge in [-0.3, -0.25) is 9.59 Å². The van der Waals surface area contributed by atoms with Crippen molar-refractivity contribution >= 4 is 34.4 Å². The Hall–Kier alpha value is -3.61. The van der Waals surface area contributed by atoms with Gasteiger partial charge in [0, 0.05) is 36.1 Å². The van der Waals surface area contributed by atoms with E-state index < -0.39 is 24.5 Å².